The van der Waals surface area contributed by atoms with Crippen LogP contribution < -0.4 is 17.1 Å². The Bertz CT molecular complexity index is 647. The minimum atomic E-state index is -0.963. The Hall–Kier alpha value is -2.34. The summed E-state index contributed by atoms with van der Waals surface area (Å²) in [5, 5.41) is 8.79. The van der Waals surface area contributed by atoms with Gasteiger partial charge in [-0.2, -0.15) is 0 Å². The number of carboxylic acid groups (broad SMARTS) is 1. The molecule has 0 saturated carbocycles. The monoisotopic (exact) mass is 264 g/mol. The van der Waals surface area contributed by atoms with Crippen molar-refractivity contribution in [2.24, 2.45) is 5.73 Å². The predicted octanol–water partition coefficient (Wildman–Crippen LogP) is 1.10. The lowest BCUT2D eigenvalue weighted by Gasteiger charge is -2.00. The molecule has 2 aromatic rings. The van der Waals surface area contributed by atoms with Gasteiger partial charge in [-0.3, -0.25) is 4.79 Å². The molecule has 2 rings (SSSR count). The van der Waals surface area contributed by atoms with Crippen LogP contribution in [0.25, 0.3) is 11.0 Å². The second-order valence-electron chi connectivity index (χ2n) is 4.13. The van der Waals surface area contributed by atoms with Gasteiger partial charge in [-0.05, 0) is 31.5 Å². The molecule has 19 heavy (non-hydrogen) atoms. The number of nitrogens with two attached hydrogens (primary N) is 2. The Kier molecular flexibility index (Phi) is 4.66. The van der Waals surface area contributed by atoms with E-state index in [-0.39, 0.29) is 5.63 Å². The Morgan fingerprint density at radius 3 is 2.47 bits per heavy atom. The minimum absolute atomic E-state index is 0.337. The van der Waals surface area contributed by atoms with E-state index in [1.807, 2.05) is 13.0 Å². The van der Waals surface area contributed by atoms with Crippen molar-refractivity contribution < 1.29 is 14.3 Å². The van der Waals surface area contributed by atoms with Gasteiger partial charge in [0.15, 0.2) is 0 Å². The molecule has 0 spiro atoms. The summed E-state index contributed by atoms with van der Waals surface area (Å²) in [5.41, 5.74) is 12.1. The average Bonchev–Trinajstić information content (AvgIpc) is 2.28. The van der Waals surface area contributed by atoms with Crippen LogP contribution in [0.5, 0.6) is 0 Å². The van der Waals surface area contributed by atoms with E-state index < -0.39 is 12.0 Å². The smallest absolute Gasteiger partial charge is 0.336 e. The minimum Gasteiger partial charge on any atom is -0.480 e. The lowest BCUT2D eigenvalue weighted by Crippen LogP contribution is -2.25. The quantitative estimate of drug-likeness (QED) is 0.524. The maximum absolute atomic E-state index is 11.0. The van der Waals surface area contributed by atoms with Crippen LogP contribution in [0.4, 0.5) is 5.69 Å². The molecule has 102 valence electrons. The third-order valence-electron chi connectivity index (χ3n) is 2.36. The number of aryl methyl sites for hydroxylation is 1. The Labute approximate surface area is 109 Å². The summed E-state index contributed by atoms with van der Waals surface area (Å²) in [4.78, 5) is 20.6. The number of fused-ring (bicyclic) bond motifs is 1. The van der Waals surface area contributed by atoms with Crippen LogP contribution in [-0.2, 0) is 4.79 Å². The van der Waals surface area contributed by atoms with Crippen LogP contribution in [0.15, 0.2) is 33.5 Å². The van der Waals surface area contributed by atoms with Gasteiger partial charge in [0.25, 0.3) is 0 Å². The number of hydrogen-bond donors (Lipinski definition) is 3. The van der Waals surface area contributed by atoms with Crippen molar-refractivity contribution in [3.8, 4) is 0 Å². The molecular weight excluding hydrogens is 248 g/mol. The molecule has 0 aliphatic rings. The lowest BCUT2D eigenvalue weighted by molar-refractivity contribution is -0.138. The largest absolute Gasteiger partial charge is 0.480 e. The molecule has 5 N–H and O–H groups in total. The molecule has 6 nitrogen and oxygen atoms in total. The summed E-state index contributed by atoms with van der Waals surface area (Å²) in [5.74, 6) is -0.963. The first-order valence-corrected chi connectivity index (χ1v) is 5.59. The molecule has 0 fully saturated rings. The van der Waals surface area contributed by atoms with Crippen molar-refractivity contribution >= 4 is 22.6 Å². The highest BCUT2D eigenvalue weighted by molar-refractivity contribution is 5.82. The Balaban J connectivity index is 0.000000258. The summed E-state index contributed by atoms with van der Waals surface area (Å²) in [6.07, 6.45) is 0. The molecule has 1 heterocycles. The zero-order chi connectivity index (χ0) is 14.6. The van der Waals surface area contributed by atoms with E-state index in [2.05, 4.69) is 0 Å². The van der Waals surface area contributed by atoms with E-state index in [1.165, 1.54) is 13.0 Å². The first-order valence-electron chi connectivity index (χ1n) is 5.59. The number of hydrogen-bond acceptors (Lipinski definition) is 5. The van der Waals surface area contributed by atoms with Crippen molar-refractivity contribution in [2.75, 3.05) is 5.73 Å². The van der Waals surface area contributed by atoms with Crippen molar-refractivity contribution in [2.45, 2.75) is 19.9 Å². The SMILES string of the molecule is C[C@@H](N)C(=O)O.Cc1cc(=O)oc2cc(N)ccc12. The van der Waals surface area contributed by atoms with E-state index in [4.69, 9.17) is 21.0 Å². The number of rotatable bonds is 1. The van der Waals surface area contributed by atoms with Gasteiger partial charge in [0.2, 0.25) is 0 Å². The summed E-state index contributed by atoms with van der Waals surface area (Å²) < 4.78 is 4.99. The molecule has 1 aromatic heterocycles. The van der Waals surface area contributed by atoms with Crippen LogP contribution in [0.2, 0.25) is 0 Å². The topological polar surface area (TPSA) is 120 Å². The molecule has 0 bridgehead atoms. The van der Waals surface area contributed by atoms with Gasteiger partial charge in [0, 0.05) is 23.2 Å². The predicted molar refractivity (Wildman–Crippen MR) is 72.9 cm³/mol. The molecule has 1 atom stereocenters. The zero-order valence-electron chi connectivity index (χ0n) is 10.7. The van der Waals surface area contributed by atoms with Crippen molar-refractivity contribution in [3.05, 3.63) is 40.2 Å². The normalized spacial score (nSPS) is 11.5. The first kappa shape index (κ1) is 14.7. The molecule has 0 radical (unpaired) electrons. The molecule has 6 heteroatoms. The van der Waals surface area contributed by atoms with Crippen LogP contribution in [0.1, 0.15) is 12.5 Å². The molecule has 0 aliphatic carbocycles. The summed E-state index contributed by atoms with van der Waals surface area (Å²) >= 11 is 0. The van der Waals surface area contributed by atoms with Crippen LogP contribution >= 0.6 is 0 Å². The number of nitrogen functional groups attached to an aromatic ring is 1. The lowest BCUT2D eigenvalue weighted by atomic mass is 10.1. The third kappa shape index (κ3) is 4.11. The molecule has 1 aromatic carbocycles. The first-order chi connectivity index (χ1) is 8.81. The van der Waals surface area contributed by atoms with Gasteiger partial charge in [0.05, 0.1) is 0 Å². The van der Waals surface area contributed by atoms with Crippen LogP contribution in [0, 0.1) is 6.92 Å². The molecule has 0 aliphatic heterocycles. The fourth-order valence-corrected chi connectivity index (χ4v) is 1.34. The maximum atomic E-state index is 11.0. The van der Waals surface area contributed by atoms with Gasteiger partial charge < -0.3 is 21.0 Å². The molecule has 0 amide bonds. The highest BCUT2D eigenvalue weighted by Gasteiger charge is 2.01. The Morgan fingerprint density at radius 1 is 1.37 bits per heavy atom. The van der Waals surface area contributed by atoms with E-state index in [1.54, 1.807) is 12.1 Å². The highest BCUT2D eigenvalue weighted by Crippen LogP contribution is 2.18. The number of carboxylic acids is 1. The van der Waals surface area contributed by atoms with Gasteiger partial charge in [-0.25, -0.2) is 4.79 Å². The van der Waals surface area contributed by atoms with Crippen LogP contribution in [-0.4, -0.2) is 17.1 Å². The summed E-state index contributed by atoms with van der Waals surface area (Å²) in [6.45, 7) is 3.29. The van der Waals surface area contributed by atoms with Crippen molar-refractivity contribution in [1.82, 2.24) is 0 Å². The van der Waals surface area contributed by atoms with Gasteiger partial charge >= 0.3 is 11.6 Å². The van der Waals surface area contributed by atoms with Crippen molar-refractivity contribution in [1.29, 1.82) is 0 Å². The standard InChI is InChI=1S/C10H9NO2.C3H7NO2/c1-6-4-10(12)13-9-5-7(11)2-3-8(6)9;1-2(4)3(5)6/h2-5H,11H2,1H3;2H,4H2,1H3,(H,5,6)/t;2-/m.1/s1. The fourth-order valence-electron chi connectivity index (χ4n) is 1.34. The van der Waals surface area contributed by atoms with Gasteiger partial charge in [-0.15, -0.1) is 0 Å². The second-order valence-corrected chi connectivity index (χ2v) is 4.13. The number of carbonyl (C=O) groups is 1. The highest BCUT2D eigenvalue weighted by atomic mass is 16.4. The number of benzene rings is 1. The maximum Gasteiger partial charge on any atom is 0.336 e. The van der Waals surface area contributed by atoms with E-state index in [0.29, 0.717) is 11.3 Å². The average molecular weight is 264 g/mol. The van der Waals surface area contributed by atoms with Gasteiger partial charge in [0.1, 0.15) is 11.6 Å². The van der Waals surface area contributed by atoms with Crippen molar-refractivity contribution in [3.63, 3.8) is 0 Å². The van der Waals surface area contributed by atoms with E-state index >= 15 is 0 Å². The third-order valence-corrected chi connectivity index (χ3v) is 2.36. The molecular formula is C13H16N2O4. The number of anilines is 1. The van der Waals surface area contributed by atoms with Gasteiger partial charge in [-0.1, -0.05) is 0 Å². The molecule has 0 saturated heterocycles. The van der Waals surface area contributed by atoms with E-state index in [9.17, 15) is 9.59 Å². The zero-order valence-corrected chi connectivity index (χ0v) is 10.7. The van der Waals surface area contributed by atoms with Crippen LogP contribution in [0.3, 0.4) is 0 Å². The fraction of sp³-hybridized carbons (Fsp3) is 0.231. The Morgan fingerprint density at radius 2 is 1.95 bits per heavy atom. The summed E-state index contributed by atoms with van der Waals surface area (Å²) in [7, 11) is 0. The number of aliphatic carboxylic acids is 1. The molecule has 0 unspecified atom stereocenters. The second kappa shape index (κ2) is 6.01. The van der Waals surface area contributed by atoms with E-state index in [0.717, 1.165) is 10.9 Å². The summed E-state index contributed by atoms with van der Waals surface area (Å²) in [6, 6.07) is 6.03.